The van der Waals surface area contributed by atoms with Crippen LogP contribution in [0.3, 0.4) is 0 Å². The Morgan fingerprint density at radius 3 is 2.79 bits per heavy atom. The third-order valence-corrected chi connectivity index (χ3v) is 3.85. The lowest BCUT2D eigenvalue weighted by molar-refractivity contribution is -0.468. The molecule has 1 heterocycles. The molecule has 19 heavy (non-hydrogen) atoms. The maximum absolute atomic E-state index is 12.1. The fourth-order valence-corrected chi connectivity index (χ4v) is 2.87. The van der Waals surface area contributed by atoms with E-state index in [0.29, 0.717) is 25.0 Å². The highest BCUT2D eigenvalue weighted by molar-refractivity contribution is 6.20. The lowest BCUT2D eigenvalue weighted by atomic mass is 9.76. The van der Waals surface area contributed by atoms with Gasteiger partial charge in [-0.2, -0.15) is 0 Å². The van der Waals surface area contributed by atoms with Crippen molar-refractivity contribution in [2.24, 2.45) is 5.41 Å². The van der Waals surface area contributed by atoms with Gasteiger partial charge in [-0.1, -0.05) is 13.8 Å². The number of allylic oxidation sites excluding steroid dienone is 2. The van der Waals surface area contributed by atoms with E-state index in [4.69, 9.17) is 4.74 Å². The number of nitrogens with one attached hydrogen (secondary N) is 1. The first-order valence-electron chi connectivity index (χ1n) is 7.04. The van der Waals surface area contributed by atoms with Gasteiger partial charge in [0.1, 0.15) is 17.4 Å². The average Bonchev–Trinajstić information content (AvgIpc) is 2.76. The van der Waals surface area contributed by atoms with Crippen LogP contribution in [0.2, 0.25) is 0 Å². The summed E-state index contributed by atoms with van der Waals surface area (Å²) in [6, 6.07) is 0. The molecule has 1 atom stereocenters. The van der Waals surface area contributed by atoms with Crippen LogP contribution in [-0.2, 0) is 9.53 Å². The molecule has 4 heteroatoms. The highest BCUT2D eigenvalue weighted by Gasteiger charge is 2.35. The van der Waals surface area contributed by atoms with Crippen LogP contribution in [-0.4, -0.2) is 35.9 Å². The van der Waals surface area contributed by atoms with Crippen molar-refractivity contribution in [3.8, 4) is 0 Å². The van der Waals surface area contributed by atoms with E-state index in [2.05, 4.69) is 4.99 Å². The smallest absolute Gasteiger partial charge is 0.185 e. The Labute approximate surface area is 114 Å². The maximum Gasteiger partial charge on any atom is 0.185 e. The Morgan fingerprint density at radius 1 is 1.47 bits per heavy atom. The molecule has 0 amide bonds. The second kappa shape index (κ2) is 5.45. The molecule has 0 radical (unpaired) electrons. The van der Waals surface area contributed by atoms with E-state index in [1.807, 2.05) is 20.8 Å². The van der Waals surface area contributed by atoms with E-state index < -0.39 is 0 Å². The number of hydrogen-bond acceptors (Lipinski definition) is 3. The zero-order chi connectivity index (χ0) is 14.0. The number of aliphatic hydroxyl groups excluding tert-OH is 1. The minimum absolute atomic E-state index is 0.0334. The summed E-state index contributed by atoms with van der Waals surface area (Å²) in [5, 5.41) is 10.1. The van der Waals surface area contributed by atoms with Gasteiger partial charge < -0.3 is 9.84 Å². The minimum atomic E-state index is -0.139. The van der Waals surface area contributed by atoms with Gasteiger partial charge in [-0.3, -0.25) is 4.79 Å². The van der Waals surface area contributed by atoms with Crippen molar-refractivity contribution in [3.05, 3.63) is 11.3 Å². The molecule has 4 nitrogen and oxygen atoms in total. The summed E-state index contributed by atoms with van der Waals surface area (Å²) < 4.78 is 5.54. The molecule has 0 unspecified atom stereocenters. The van der Waals surface area contributed by atoms with Gasteiger partial charge in [-0.05, 0) is 18.3 Å². The minimum Gasteiger partial charge on any atom is -0.511 e. The first-order chi connectivity index (χ1) is 8.89. The molecule has 0 saturated carbocycles. The second-order valence-electron chi connectivity index (χ2n) is 6.40. The Kier molecular flexibility index (Phi) is 4.09. The Hall–Kier alpha value is -1.16. The number of carbonyl (C=O) groups is 1. The number of aliphatic hydroxyl groups is 1. The van der Waals surface area contributed by atoms with Crippen LogP contribution in [0.5, 0.6) is 0 Å². The largest absolute Gasteiger partial charge is 0.511 e. The number of rotatable bonds is 3. The first kappa shape index (κ1) is 14.3. The third kappa shape index (κ3) is 3.44. The lowest BCUT2D eigenvalue weighted by Gasteiger charge is -2.28. The first-order valence-corrected chi connectivity index (χ1v) is 7.04. The van der Waals surface area contributed by atoms with E-state index in [1.165, 1.54) is 0 Å². The molecule has 0 spiro atoms. The summed E-state index contributed by atoms with van der Waals surface area (Å²) >= 11 is 0. The molecule has 1 saturated heterocycles. The maximum atomic E-state index is 12.1. The normalized spacial score (nSPS) is 28.1. The zero-order valence-electron chi connectivity index (χ0n) is 12.1. The van der Waals surface area contributed by atoms with Gasteiger partial charge in [0.15, 0.2) is 18.0 Å². The average molecular weight is 266 g/mol. The van der Waals surface area contributed by atoms with Crippen molar-refractivity contribution in [2.75, 3.05) is 13.2 Å². The molecular formula is C15H24NO3+. The molecule has 1 fully saturated rings. The van der Waals surface area contributed by atoms with Crippen LogP contribution in [0.15, 0.2) is 11.3 Å². The molecule has 106 valence electrons. The highest BCUT2D eigenvalue weighted by Crippen LogP contribution is 2.35. The topological polar surface area (TPSA) is 60.5 Å². The summed E-state index contributed by atoms with van der Waals surface area (Å²) in [6.45, 7) is 7.41. The van der Waals surface area contributed by atoms with Gasteiger partial charge in [0.05, 0.1) is 0 Å². The number of ketones is 1. The fraction of sp³-hybridized carbons (Fsp3) is 0.733. The lowest BCUT2D eigenvalue weighted by Crippen LogP contribution is -2.76. The van der Waals surface area contributed by atoms with Crippen LogP contribution in [0.4, 0.5) is 0 Å². The molecule has 2 aliphatic rings. The van der Waals surface area contributed by atoms with E-state index in [9.17, 15) is 9.90 Å². The number of hydrogen-bond donors (Lipinski definition) is 2. The molecular weight excluding hydrogens is 242 g/mol. The summed E-state index contributed by atoms with van der Waals surface area (Å²) in [5.41, 5.74) is 1.12. The van der Waals surface area contributed by atoms with Gasteiger partial charge in [0, 0.05) is 26.4 Å². The van der Waals surface area contributed by atoms with E-state index >= 15 is 0 Å². The molecule has 2 rings (SSSR count). The van der Waals surface area contributed by atoms with Gasteiger partial charge in [-0.15, -0.1) is 0 Å². The Balaban J connectivity index is 2.10. The molecule has 0 aromatic rings. The van der Waals surface area contributed by atoms with E-state index in [1.54, 1.807) is 0 Å². The van der Waals surface area contributed by atoms with Crippen molar-refractivity contribution >= 4 is 11.5 Å². The predicted molar refractivity (Wildman–Crippen MR) is 73.2 cm³/mol. The summed E-state index contributed by atoms with van der Waals surface area (Å²) in [5.74, 6) is 0.254. The molecule has 1 aliphatic heterocycles. The summed E-state index contributed by atoms with van der Waals surface area (Å²) in [6.07, 6.45) is 3.45. The highest BCUT2D eigenvalue weighted by atomic mass is 16.5. The van der Waals surface area contributed by atoms with Crippen molar-refractivity contribution in [1.29, 1.82) is 0 Å². The Bertz CT molecular complexity index is 429. The van der Waals surface area contributed by atoms with Crippen molar-refractivity contribution < 1.29 is 19.6 Å². The van der Waals surface area contributed by atoms with Gasteiger partial charge >= 0.3 is 0 Å². The SMILES string of the molecule is CC(=[NH+]C[C@H]1CCCO1)C1=C(O)CC(C)(C)CC1=O. The molecule has 0 bridgehead atoms. The van der Waals surface area contributed by atoms with Crippen LogP contribution < -0.4 is 4.99 Å². The van der Waals surface area contributed by atoms with Crippen LogP contribution in [0, 0.1) is 5.41 Å². The van der Waals surface area contributed by atoms with Crippen molar-refractivity contribution in [1.82, 2.24) is 0 Å². The molecule has 2 N–H and O–H groups in total. The van der Waals surface area contributed by atoms with Crippen molar-refractivity contribution in [2.45, 2.75) is 52.6 Å². The molecule has 1 aliphatic carbocycles. The third-order valence-electron chi connectivity index (χ3n) is 3.85. The van der Waals surface area contributed by atoms with Gasteiger partial charge in [0.2, 0.25) is 0 Å². The van der Waals surface area contributed by atoms with Crippen molar-refractivity contribution in [3.63, 3.8) is 0 Å². The predicted octanol–water partition coefficient (Wildman–Crippen LogP) is 0.908. The van der Waals surface area contributed by atoms with Gasteiger partial charge in [-0.25, -0.2) is 4.99 Å². The Morgan fingerprint density at radius 2 is 2.21 bits per heavy atom. The second-order valence-corrected chi connectivity index (χ2v) is 6.40. The van der Waals surface area contributed by atoms with Crippen LogP contribution in [0.25, 0.3) is 0 Å². The molecule has 0 aromatic carbocycles. The standard InChI is InChI=1S/C15H23NO3/c1-10(16-9-11-5-4-6-19-11)14-12(17)7-15(2,3)8-13(14)18/h11,17H,4-9H2,1-3H3/p+1/t11-/m1/s1. The number of Topliss-reactive ketones (excluding diaryl/α,β-unsaturated/α-hetero) is 1. The summed E-state index contributed by atoms with van der Waals surface area (Å²) in [4.78, 5) is 15.4. The van der Waals surface area contributed by atoms with Crippen LogP contribution >= 0.6 is 0 Å². The van der Waals surface area contributed by atoms with Crippen LogP contribution in [0.1, 0.15) is 46.5 Å². The summed E-state index contributed by atoms with van der Waals surface area (Å²) in [7, 11) is 0. The number of carbonyl (C=O) groups excluding carboxylic acids is 1. The van der Waals surface area contributed by atoms with E-state index in [0.717, 1.165) is 25.2 Å². The fourth-order valence-electron chi connectivity index (χ4n) is 2.87. The quantitative estimate of drug-likeness (QED) is 0.746. The van der Waals surface area contributed by atoms with Gasteiger partial charge in [0.25, 0.3) is 0 Å². The molecule has 0 aromatic heterocycles. The zero-order valence-corrected chi connectivity index (χ0v) is 12.1. The monoisotopic (exact) mass is 266 g/mol. The van der Waals surface area contributed by atoms with E-state index in [-0.39, 0.29) is 23.1 Å². The number of ether oxygens (including phenoxy) is 1.